The van der Waals surface area contributed by atoms with Gasteiger partial charge in [0.1, 0.15) is 0 Å². The Bertz CT molecular complexity index is 387. The molecule has 2 rings (SSSR count). The zero-order valence-corrected chi connectivity index (χ0v) is 11.3. The van der Waals surface area contributed by atoms with Gasteiger partial charge >= 0.3 is 0 Å². The number of carbonyl (C=O) groups is 1. The Kier molecular flexibility index (Phi) is 4.34. The molecule has 0 aliphatic carbocycles. The Labute approximate surface area is 109 Å². The zero-order chi connectivity index (χ0) is 13.0. The molecule has 3 nitrogen and oxygen atoms in total. The third kappa shape index (κ3) is 2.55. The van der Waals surface area contributed by atoms with E-state index in [-0.39, 0.29) is 12.0 Å². The van der Waals surface area contributed by atoms with Crippen molar-refractivity contribution in [1.29, 1.82) is 0 Å². The first-order valence-corrected chi connectivity index (χ1v) is 6.99. The molecular weight excluding hydrogens is 224 g/mol. The maximum Gasteiger partial charge on any atom is 0.226 e. The van der Waals surface area contributed by atoms with Gasteiger partial charge in [-0.05, 0) is 37.8 Å². The van der Waals surface area contributed by atoms with Crippen LogP contribution in [0.3, 0.4) is 0 Å². The zero-order valence-electron chi connectivity index (χ0n) is 11.3. The number of nitrogens with zero attached hydrogens (tertiary/aromatic N) is 2. The number of likely N-dealkylation sites (tertiary alicyclic amines) is 1. The van der Waals surface area contributed by atoms with Gasteiger partial charge in [-0.3, -0.25) is 9.78 Å². The first-order valence-electron chi connectivity index (χ1n) is 6.99. The van der Waals surface area contributed by atoms with Gasteiger partial charge < -0.3 is 4.90 Å². The highest BCUT2D eigenvalue weighted by Crippen LogP contribution is 2.32. The molecule has 0 saturated carbocycles. The number of amides is 1. The van der Waals surface area contributed by atoms with Crippen LogP contribution >= 0.6 is 0 Å². The molecule has 1 amide bonds. The van der Waals surface area contributed by atoms with E-state index in [0.29, 0.717) is 5.91 Å². The number of hydrogen-bond donors (Lipinski definition) is 0. The van der Waals surface area contributed by atoms with Crippen LogP contribution < -0.4 is 0 Å². The van der Waals surface area contributed by atoms with Gasteiger partial charge in [-0.1, -0.05) is 19.9 Å². The number of rotatable bonds is 4. The molecule has 1 unspecified atom stereocenters. The molecule has 1 fully saturated rings. The topological polar surface area (TPSA) is 33.2 Å². The van der Waals surface area contributed by atoms with Gasteiger partial charge in [0.05, 0.1) is 11.7 Å². The summed E-state index contributed by atoms with van der Waals surface area (Å²) >= 11 is 0. The van der Waals surface area contributed by atoms with E-state index in [1.54, 1.807) is 0 Å². The lowest BCUT2D eigenvalue weighted by Crippen LogP contribution is -2.35. The van der Waals surface area contributed by atoms with Crippen molar-refractivity contribution in [2.45, 2.75) is 45.6 Å². The van der Waals surface area contributed by atoms with Gasteiger partial charge in [-0.15, -0.1) is 0 Å². The highest BCUT2D eigenvalue weighted by atomic mass is 16.2. The number of aromatic nitrogens is 1. The fraction of sp³-hybridized carbons (Fsp3) is 0.600. The van der Waals surface area contributed by atoms with Crippen LogP contribution in [0.4, 0.5) is 0 Å². The fourth-order valence-corrected chi connectivity index (χ4v) is 2.78. The molecule has 1 aliphatic rings. The van der Waals surface area contributed by atoms with Crippen LogP contribution in [-0.4, -0.2) is 22.3 Å². The van der Waals surface area contributed by atoms with Crippen LogP contribution in [-0.2, 0) is 4.79 Å². The summed E-state index contributed by atoms with van der Waals surface area (Å²) in [6.07, 6.45) is 5.81. The van der Waals surface area contributed by atoms with Gasteiger partial charge in [0.15, 0.2) is 0 Å². The van der Waals surface area contributed by atoms with Crippen molar-refractivity contribution in [3.63, 3.8) is 0 Å². The molecule has 0 aromatic carbocycles. The molecule has 2 heterocycles. The van der Waals surface area contributed by atoms with Crippen molar-refractivity contribution in [1.82, 2.24) is 9.88 Å². The molecule has 0 spiro atoms. The van der Waals surface area contributed by atoms with Crippen LogP contribution in [0, 0.1) is 5.92 Å². The summed E-state index contributed by atoms with van der Waals surface area (Å²) < 4.78 is 0. The monoisotopic (exact) mass is 246 g/mol. The first-order chi connectivity index (χ1) is 8.77. The molecule has 3 heteroatoms. The summed E-state index contributed by atoms with van der Waals surface area (Å²) in [5.74, 6) is 0.488. The van der Waals surface area contributed by atoms with E-state index in [1.165, 1.54) is 0 Å². The van der Waals surface area contributed by atoms with E-state index in [9.17, 15) is 4.79 Å². The van der Waals surface area contributed by atoms with Crippen molar-refractivity contribution in [2.24, 2.45) is 5.92 Å². The predicted octanol–water partition coefficient (Wildman–Crippen LogP) is 3.18. The summed E-state index contributed by atoms with van der Waals surface area (Å²) in [7, 11) is 0. The van der Waals surface area contributed by atoms with Gasteiger partial charge in [-0.25, -0.2) is 0 Å². The molecule has 1 aliphatic heterocycles. The van der Waals surface area contributed by atoms with Crippen molar-refractivity contribution >= 4 is 5.91 Å². The molecule has 1 atom stereocenters. The molecule has 0 radical (unpaired) electrons. The lowest BCUT2D eigenvalue weighted by molar-refractivity contribution is -0.136. The maximum absolute atomic E-state index is 12.5. The van der Waals surface area contributed by atoms with Crippen LogP contribution in [0.5, 0.6) is 0 Å². The molecule has 0 bridgehead atoms. The fourth-order valence-electron chi connectivity index (χ4n) is 2.78. The van der Waals surface area contributed by atoms with Gasteiger partial charge in [0.25, 0.3) is 0 Å². The van der Waals surface area contributed by atoms with Crippen molar-refractivity contribution < 1.29 is 4.79 Å². The number of hydrogen-bond acceptors (Lipinski definition) is 2. The average Bonchev–Trinajstić information content (AvgIpc) is 2.90. The number of pyridine rings is 1. The summed E-state index contributed by atoms with van der Waals surface area (Å²) in [4.78, 5) is 18.9. The third-order valence-electron chi connectivity index (χ3n) is 3.90. The van der Waals surface area contributed by atoms with E-state index < -0.39 is 0 Å². The molecule has 1 aromatic rings. The van der Waals surface area contributed by atoms with Crippen molar-refractivity contribution in [2.75, 3.05) is 6.54 Å². The number of carbonyl (C=O) groups excluding carboxylic acids is 1. The molecule has 1 aromatic heterocycles. The van der Waals surface area contributed by atoms with Gasteiger partial charge in [0.2, 0.25) is 5.91 Å². The first kappa shape index (κ1) is 13.1. The highest BCUT2D eigenvalue weighted by molar-refractivity contribution is 5.79. The quantitative estimate of drug-likeness (QED) is 0.817. The minimum Gasteiger partial charge on any atom is -0.334 e. The SMILES string of the molecule is CCC(CC)C(=O)N1CCCC1c1ccccn1. The van der Waals surface area contributed by atoms with E-state index >= 15 is 0 Å². The molecular formula is C15H22N2O. The van der Waals surface area contributed by atoms with Crippen LogP contribution in [0.15, 0.2) is 24.4 Å². The summed E-state index contributed by atoms with van der Waals surface area (Å²) in [5.41, 5.74) is 1.04. The van der Waals surface area contributed by atoms with E-state index in [2.05, 4.69) is 18.8 Å². The lowest BCUT2D eigenvalue weighted by atomic mass is 10.0. The predicted molar refractivity (Wildman–Crippen MR) is 72.0 cm³/mol. The third-order valence-corrected chi connectivity index (χ3v) is 3.90. The van der Waals surface area contributed by atoms with Crippen molar-refractivity contribution in [3.05, 3.63) is 30.1 Å². The molecule has 1 saturated heterocycles. The summed E-state index contributed by atoms with van der Waals surface area (Å²) in [6, 6.07) is 6.15. The molecule has 0 N–H and O–H groups in total. The second-order valence-corrected chi connectivity index (χ2v) is 4.96. The van der Waals surface area contributed by atoms with E-state index in [0.717, 1.165) is 37.9 Å². The van der Waals surface area contributed by atoms with Crippen LogP contribution in [0.25, 0.3) is 0 Å². The second kappa shape index (κ2) is 5.98. The summed E-state index contributed by atoms with van der Waals surface area (Å²) in [6.45, 7) is 5.08. The molecule has 18 heavy (non-hydrogen) atoms. The smallest absolute Gasteiger partial charge is 0.226 e. The van der Waals surface area contributed by atoms with Gasteiger partial charge in [0, 0.05) is 18.7 Å². The maximum atomic E-state index is 12.5. The summed E-state index contributed by atoms with van der Waals surface area (Å²) in [5, 5.41) is 0. The minimum atomic E-state index is 0.175. The minimum absolute atomic E-state index is 0.175. The Morgan fingerprint density at radius 1 is 1.44 bits per heavy atom. The van der Waals surface area contributed by atoms with Crippen LogP contribution in [0.2, 0.25) is 0 Å². The van der Waals surface area contributed by atoms with Gasteiger partial charge in [-0.2, -0.15) is 0 Å². The second-order valence-electron chi connectivity index (χ2n) is 4.96. The van der Waals surface area contributed by atoms with Crippen molar-refractivity contribution in [3.8, 4) is 0 Å². The van der Waals surface area contributed by atoms with E-state index in [4.69, 9.17) is 0 Å². The lowest BCUT2D eigenvalue weighted by Gasteiger charge is -2.27. The molecule has 98 valence electrons. The van der Waals surface area contributed by atoms with Crippen LogP contribution in [0.1, 0.15) is 51.3 Å². The Morgan fingerprint density at radius 2 is 2.22 bits per heavy atom. The average molecular weight is 246 g/mol. The Morgan fingerprint density at radius 3 is 2.83 bits per heavy atom. The standard InChI is InChI=1S/C15H22N2O/c1-3-12(4-2)15(18)17-11-7-9-14(17)13-8-5-6-10-16-13/h5-6,8,10,12,14H,3-4,7,9,11H2,1-2H3. The van der Waals surface area contributed by atoms with E-state index in [1.807, 2.05) is 29.3 Å². The largest absolute Gasteiger partial charge is 0.334 e. The highest BCUT2D eigenvalue weighted by Gasteiger charge is 2.33. The Balaban J connectivity index is 2.15. The Hall–Kier alpha value is -1.38. The normalized spacial score (nSPS) is 19.5.